The van der Waals surface area contributed by atoms with E-state index in [4.69, 9.17) is 5.26 Å². The zero-order valence-electron chi connectivity index (χ0n) is 12.9. The molecule has 108 valence electrons. The highest BCUT2D eigenvalue weighted by molar-refractivity contribution is 4.92. The van der Waals surface area contributed by atoms with Crippen LogP contribution in [0.4, 0.5) is 0 Å². The van der Waals surface area contributed by atoms with Crippen molar-refractivity contribution in [1.29, 1.82) is 5.26 Å². The van der Waals surface area contributed by atoms with Crippen molar-refractivity contribution < 1.29 is 0 Å². The van der Waals surface area contributed by atoms with E-state index >= 15 is 0 Å². The molecule has 3 nitrogen and oxygen atoms in total. The van der Waals surface area contributed by atoms with E-state index in [1.807, 2.05) is 13.8 Å². The van der Waals surface area contributed by atoms with Gasteiger partial charge in [-0.1, -0.05) is 6.42 Å². The molecule has 0 aromatic heterocycles. The van der Waals surface area contributed by atoms with Crippen LogP contribution in [0.5, 0.6) is 0 Å². The van der Waals surface area contributed by atoms with Gasteiger partial charge in [0.2, 0.25) is 0 Å². The molecule has 2 fully saturated rings. The molecule has 2 rings (SSSR count). The fraction of sp³-hybridized carbons (Fsp3) is 0.938. The molecular formula is C16H29N3. The molecule has 0 saturated carbocycles. The van der Waals surface area contributed by atoms with Crippen molar-refractivity contribution in [3.8, 4) is 6.07 Å². The number of hydrogen-bond donors (Lipinski definition) is 0. The third-order valence-electron chi connectivity index (χ3n) is 5.06. The van der Waals surface area contributed by atoms with E-state index < -0.39 is 0 Å². The Morgan fingerprint density at radius 3 is 2.63 bits per heavy atom. The Balaban J connectivity index is 1.69. The molecule has 2 aliphatic heterocycles. The first-order valence-corrected chi connectivity index (χ1v) is 7.87. The van der Waals surface area contributed by atoms with Crippen LogP contribution in [-0.2, 0) is 0 Å². The van der Waals surface area contributed by atoms with Gasteiger partial charge in [-0.3, -0.25) is 4.90 Å². The van der Waals surface area contributed by atoms with Gasteiger partial charge in [0, 0.05) is 18.6 Å². The molecule has 0 spiro atoms. The third-order valence-corrected chi connectivity index (χ3v) is 5.06. The summed E-state index contributed by atoms with van der Waals surface area (Å²) in [4.78, 5) is 5.26. The molecule has 2 atom stereocenters. The van der Waals surface area contributed by atoms with Crippen LogP contribution in [0.15, 0.2) is 0 Å². The largest absolute Gasteiger partial charge is 0.302 e. The van der Waals surface area contributed by atoms with Gasteiger partial charge >= 0.3 is 0 Å². The number of rotatable bonds is 5. The van der Waals surface area contributed by atoms with Crippen molar-refractivity contribution in [2.24, 2.45) is 5.41 Å². The zero-order chi connectivity index (χ0) is 13.9. The number of hydrogen-bond acceptors (Lipinski definition) is 3. The summed E-state index contributed by atoms with van der Waals surface area (Å²) in [6.07, 6.45) is 7.59. The number of fused-ring (bicyclic) bond motifs is 2. The van der Waals surface area contributed by atoms with E-state index in [2.05, 4.69) is 22.9 Å². The Bertz CT molecular complexity index is 331. The van der Waals surface area contributed by atoms with Crippen LogP contribution in [0, 0.1) is 16.7 Å². The van der Waals surface area contributed by atoms with Crippen LogP contribution in [0.25, 0.3) is 0 Å². The summed E-state index contributed by atoms with van der Waals surface area (Å²) in [6.45, 7) is 7.85. The molecule has 2 aliphatic rings. The Kier molecular flexibility index (Phi) is 4.86. The van der Waals surface area contributed by atoms with Gasteiger partial charge in [0.1, 0.15) is 0 Å². The minimum atomic E-state index is -0.141. The predicted molar refractivity (Wildman–Crippen MR) is 78.9 cm³/mol. The SMILES string of the molecule is CN1C2CCC1CN(CCCCC(C)(C)C#N)CC2. The standard InChI is InChI=1S/C16H29N3/c1-16(2,13-17)9-4-5-10-19-11-8-14-6-7-15(12-19)18(14)3/h14-15H,4-12H2,1-3H3. The summed E-state index contributed by atoms with van der Waals surface area (Å²) in [5, 5.41) is 9.01. The lowest BCUT2D eigenvalue weighted by Crippen LogP contribution is -2.37. The molecule has 0 aliphatic carbocycles. The van der Waals surface area contributed by atoms with Crippen LogP contribution >= 0.6 is 0 Å². The van der Waals surface area contributed by atoms with Crippen molar-refractivity contribution in [2.75, 3.05) is 26.7 Å². The Morgan fingerprint density at radius 2 is 1.89 bits per heavy atom. The monoisotopic (exact) mass is 263 g/mol. The Hall–Kier alpha value is -0.590. The maximum Gasteiger partial charge on any atom is 0.0683 e. The highest BCUT2D eigenvalue weighted by Crippen LogP contribution is 2.28. The molecule has 19 heavy (non-hydrogen) atoms. The summed E-state index contributed by atoms with van der Waals surface area (Å²) in [6, 6.07) is 4.03. The molecule has 2 bridgehead atoms. The lowest BCUT2D eigenvalue weighted by atomic mass is 9.89. The first kappa shape index (κ1) is 14.8. The van der Waals surface area contributed by atoms with Gasteiger partial charge in [0.15, 0.2) is 0 Å². The molecule has 0 N–H and O–H groups in total. The molecule has 2 saturated heterocycles. The van der Waals surface area contributed by atoms with Crippen molar-refractivity contribution in [1.82, 2.24) is 9.80 Å². The van der Waals surface area contributed by atoms with Crippen molar-refractivity contribution in [2.45, 2.75) is 64.5 Å². The number of nitrogens with zero attached hydrogens (tertiary/aromatic N) is 3. The molecule has 0 aromatic rings. The first-order chi connectivity index (χ1) is 9.02. The number of nitriles is 1. The minimum absolute atomic E-state index is 0.141. The van der Waals surface area contributed by atoms with Crippen LogP contribution in [-0.4, -0.2) is 48.6 Å². The summed E-state index contributed by atoms with van der Waals surface area (Å²) < 4.78 is 0. The van der Waals surface area contributed by atoms with E-state index in [0.717, 1.165) is 18.5 Å². The molecule has 2 unspecified atom stereocenters. The van der Waals surface area contributed by atoms with Crippen LogP contribution in [0.1, 0.15) is 52.4 Å². The number of unbranched alkanes of at least 4 members (excludes halogenated alkanes) is 1. The fourth-order valence-corrected chi connectivity index (χ4v) is 3.54. The van der Waals surface area contributed by atoms with Crippen LogP contribution < -0.4 is 0 Å². The third kappa shape index (κ3) is 3.94. The fourth-order valence-electron chi connectivity index (χ4n) is 3.54. The molecule has 3 heteroatoms. The second-order valence-electron chi connectivity index (χ2n) is 7.09. The lowest BCUT2D eigenvalue weighted by molar-refractivity contribution is 0.215. The maximum atomic E-state index is 9.01. The van der Waals surface area contributed by atoms with Gasteiger partial charge in [0.25, 0.3) is 0 Å². The Labute approximate surface area is 118 Å². The van der Waals surface area contributed by atoms with E-state index in [1.54, 1.807) is 0 Å². The van der Waals surface area contributed by atoms with E-state index in [9.17, 15) is 0 Å². The zero-order valence-corrected chi connectivity index (χ0v) is 12.9. The molecule has 0 amide bonds. The van der Waals surface area contributed by atoms with E-state index in [-0.39, 0.29) is 5.41 Å². The highest BCUT2D eigenvalue weighted by Gasteiger charge is 2.34. The topological polar surface area (TPSA) is 30.3 Å². The van der Waals surface area contributed by atoms with Crippen LogP contribution in [0.2, 0.25) is 0 Å². The molecule has 0 radical (unpaired) electrons. The maximum absolute atomic E-state index is 9.01. The summed E-state index contributed by atoms with van der Waals surface area (Å²) in [7, 11) is 2.31. The van der Waals surface area contributed by atoms with Gasteiger partial charge in [-0.2, -0.15) is 5.26 Å². The first-order valence-electron chi connectivity index (χ1n) is 7.87. The smallest absolute Gasteiger partial charge is 0.0683 e. The predicted octanol–water partition coefficient (Wildman–Crippen LogP) is 2.87. The number of likely N-dealkylation sites (tertiary alicyclic amines) is 1. The average molecular weight is 263 g/mol. The second kappa shape index (κ2) is 6.24. The van der Waals surface area contributed by atoms with Crippen LogP contribution in [0.3, 0.4) is 0 Å². The van der Waals surface area contributed by atoms with Crippen molar-refractivity contribution >= 4 is 0 Å². The summed E-state index contributed by atoms with van der Waals surface area (Å²) >= 11 is 0. The molecule has 2 heterocycles. The molecule has 0 aromatic carbocycles. The van der Waals surface area contributed by atoms with Crippen molar-refractivity contribution in [3.63, 3.8) is 0 Å². The van der Waals surface area contributed by atoms with E-state index in [0.29, 0.717) is 0 Å². The normalized spacial score (nSPS) is 29.2. The lowest BCUT2D eigenvalue weighted by Gasteiger charge is -2.26. The van der Waals surface area contributed by atoms with Gasteiger partial charge < -0.3 is 4.90 Å². The van der Waals surface area contributed by atoms with Gasteiger partial charge in [-0.05, 0) is 66.1 Å². The van der Waals surface area contributed by atoms with Crippen molar-refractivity contribution in [3.05, 3.63) is 0 Å². The van der Waals surface area contributed by atoms with Gasteiger partial charge in [-0.25, -0.2) is 0 Å². The average Bonchev–Trinajstić information content (AvgIpc) is 2.61. The number of likely N-dealkylation sites (N-methyl/N-ethyl adjacent to an activating group) is 1. The van der Waals surface area contributed by atoms with E-state index in [1.165, 1.54) is 51.7 Å². The summed E-state index contributed by atoms with van der Waals surface area (Å²) in [5.74, 6) is 0. The Morgan fingerprint density at radius 1 is 1.16 bits per heavy atom. The minimum Gasteiger partial charge on any atom is -0.302 e. The van der Waals surface area contributed by atoms with Gasteiger partial charge in [-0.15, -0.1) is 0 Å². The molecular weight excluding hydrogens is 234 g/mol. The highest BCUT2D eigenvalue weighted by atomic mass is 15.3. The second-order valence-corrected chi connectivity index (χ2v) is 7.09. The summed E-state index contributed by atoms with van der Waals surface area (Å²) in [5.41, 5.74) is -0.141. The quantitative estimate of drug-likeness (QED) is 0.715. The van der Waals surface area contributed by atoms with Gasteiger partial charge in [0.05, 0.1) is 11.5 Å².